The van der Waals surface area contributed by atoms with Gasteiger partial charge in [0, 0.05) is 6.54 Å². The highest BCUT2D eigenvalue weighted by Gasteiger charge is 2.39. The largest absolute Gasteiger partial charge is 0.481 e. The highest BCUT2D eigenvalue weighted by Crippen LogP contribution is 2.20. The number of likely N-dealkylation sites (N-methyl/N-ethyl adjacent to an activating group) is 1. The number of nitrogens with zero attached hydrogens (tertiary/aromatic N) is 2. The van der Waals surface area contributed by atoms with Crippen molar-refractivity contribution in [2.45, 2.75) is 26.4 Å². The maximum absolute atomic E-state index is 12.2. The van der Waals surface area contributed by atoms with Crippen LogP contribution in [0.25, 0.3) is 0 Å². The Morgan fingerprint density at radius 3 is 2.86 bits per heavy atom. The van der Waals surface area contributed by atoms with Crippen LogP contribution in [0.2, 0.25) is 0 Å². The molecule has 0 spiro atoms. The van der Waals surface area contributed by atoms with Crippen molar-refractivity contribution < 1.29 is 23.8 Å². The van der Waals surface area contributed by atoms with Crippen LogP contribution in [0, 0.1) is 12.8 Å². The minimum absolute atomic E-state index is 0.128. The summed E-state index contributed by atoms with van der Waals surface area (Å²) in [6, 6.07) is -0.811. The molecule has 2 unspecified atom stereocenters. The van der Waals surface area contributed by atoms with E-state index in [1.807, 2.05) is 0 Å². The lowest BCUT2D eigenvalue weighted by atomic mass is 10.0. The van der Waals surface area contributed by atoms with Crippen LogP contribution in [0.1, 0.15) is 18.6 Å². The molecular weight excluding hydrogens is 278 g/mol. The second-order valence-corrected chi connectivity index (χ2v) is 4.86. The molecule has 2 N–H and O–H groups in total. The average molecular weight is 297 g/mol. The summed E-state index contributed by atoms with van der Waals surface area (Å²) in [5, 5.41) is 11.8. The molecule has 1 aromatic heterocycles. The quantitative estimate of drug-likeness (QED) is 0.825. The van der Waals surface area contributed by atoms with Crippen LogP contribution in [0.4, 0.5) is 4.79 Å². The second kappa shape index (κ2) is 6.57. The number of aromatic nitrogens is 1. The predicted octanol–water partition coefficient (Wildman–Crippen LogP) is 0.614. The first kappa shape index (κ1) is 15.3. The van der Waals surface area contributed by atoms with Crippen LogP contribution in [0.15, 0.2) is 10.6 Å². The van der Waals surface area contributed by atoms with E-state index in [1.54, 1.807) is 20.0 Å². The van der Waals surface area contributed by atoms with Gasteiger partial charge in [-0.05, 0) is 13.8 Å². The Morgan fingerprint density at radius 2 is 2.29 bits per heavy atom. The van der Waals surface area contributed by atoms with Crippen molar-refractivity contribution in [1.29, 1.82) is 0 Å². The third-order valence-electron chi connectivity index (χ3n) is 3.43. The molecule has 0 saturated carbocycles. The van der Waals surface area contributed by atoms with Gasteiger partial charge in [-0.1, -0.05) is 0 Å². The molecule has 2 amide bonds. The summed E-state index contributed by atoms with van der Waals surface area (Å²) in [4.78, 5) is 28.8. The number of urea groups is 1. The van der Waals surface area contributed by atoms with Crippen LogP contribution in [-0.2, 0) is 16.1 Å². The van der Waals surface area contributed by atoms with Gasteiger partial charge in [-0.2, -0.15) is 0 Å². The summed E-state index contributed by atoms with van der Waals surface area (Å²) < 4.78 is 10.5. The molecule has 2 rings (SSSR count). The number of rotatable bonds is 5. The van der Waals surface area contributed by atoms with Crippen molar-refractivity contribution in [3.05, 3.63) is 17.8 Å². The number of carboxylic acids is 1. The number of hydrogen-bond acceptors (Lipinski definition) is 5. The zero-order valence-corrected chi connectivity index (χ0v) is 12.0. The zero-order valence-electron chi connectivity index (χ0n) is 12.0. The van der Waals surface area contributed by atoms with Gasteiger partial charge in [0.15, 0.2) is 0 Å². The van der Waals surface area contributed by atoms with Crippen LogP contribution >= 0.6 is 0 Å². The molecule has 116 valence electrons. The average Bonchev–Trinajstić information content (AvgIpc) is 3.06. The highest BCUT2D eigenvalue weighted by atomic mass is 16.5. The van der Waals surface area contributed by atoms with E-state index < -0.39 is 17.9 Å². The number of nitrogens with one attached hydrogen (secondary N) is 1. The molecule has 2 heterocycles. The minimum Gasteiger partial charge on any atom is -0.481 e. The summed E-state index contributed by atoms with van der Waals surface area (Å²) >= 11 is 0. The van der Waals surface area contributed by atoms with Gasteiger partial charge in [0.05, 0.1) is 32.0 Å². The Labute approximate surface area is 122 Å². The lowest BCUT2D eigenvalue weighted by Crippen LogP contribution is -2.50. The van der Waals surface area contributed by atoms with E-state index in [0.29, 0.717) is 18.2 Å². The van der Waals surface area contributed by atoms with E-state index in [4.69, 9.17) is 14.3 Å². The van der Waals surface area contributed by atoms with Crippen molar-refractivity contribution in [2.24, 2.45) is 5.92 Å². The molecule has 1 aromatic rings. The van der Waals surface area contributed by atoms with E-state index >= 15 is 0 Å². The van der Waals surface area contributed by atoms with E-state index in [0.717, 1.165) is 0 Å². The SMILES string of the molecule is CCN(C(=O)NCc1ncc(C)o1)C1COCC1C(=O)O. The van der Waals surface area contributed by atoms with Crippen LogP contribution < -0.4 is 5.32 Å². The van der Waals surface area contributed by atoms with Gasteiger partial charge in [0.2, 0.25) is 5.89 Å². The van der Waals surface area contributed by atoms with Crippen molar-refractivity contribution in [3.8, 4) is 0 Å². The summed E-state index contributed by atoms with van der Waals surface area (Å²) in [6.07, 6.45) is 1.57. The molecule has 8 heteroatoms. The fourth-order valence-corrected chi connectivity index (χ4v) is 2.35. The molecule has 21 heavy (non-hydrogen) atoms. The smallest absolute Gasteiger partial charge is 0.318 e. The number of carboxylic acid groups (broad SMARTS) is 1. The standard InChI is InChI=1S/C13H19N3O5/c1-3-16(10-7-20-6-9(10)12(17)18)13(19)15-5-11-14-4-8(2)21-11/h4,9-10H,3,5-7H2,1-2H3,(H,15,19)(H,17,18). The van der Waals surface area contributed by atoms with E-state index in [-0.39, 0.29) is 25.8 Å². The van der Waals surface area contributed by atoms with Crippen molar-refractivity contribution >= 4 is 12.0 Å². The van der Waals surface area contributed by atoms with Gasteiger partial charge in [-0.15, -0.1) is 0 Å². The Balaban J connectivity index is 1.96. The molecule has 8 nitrogen and oxygen atoms in total. The molecule has 1 aliphatic rings. The number of carbonyl (C=O) groups excluding carboxylic acids is 1. The number of oxazole rings is 1. The molecule has 0 radical (unpaired) electrons. The summed E-state index contributed by atoms with van der Waals surface area (Å²) in [5.74, 6) is -0.567. The lowest BCUT2D eigenvalue weighted by Gasteiger charge is -2.29. The van der Waals surface area contributed by atoms with Crippen molar-refractivity contribution in [1.82, 2.24) is 15.2 Å². The zero-order chi connectivity index (χ0) is 15.4. The van der Waals surface area contributed by atoms with Gasteiger partial charge < -0.3 is 24.5 Å². The second-order valence-electron chi connectivity index (χ2n) is 4.86. The number of hydrogen-bond donors (Lipinski definition) is 2. The Bertz CT molecular complexity index is 516. The summed E-state index contributed by atoms with van der Waals surface area (Å²) in [5.41, 5.74) is 0. The van der Waals surface area contributed by atoms with Gasteiger partial charge in [-0.3, -0.25) is 4.79 Å². The first-order chi connectivity index (χ1) is 10.0. The molecule has 0 bridgehead atoms. The Hall–Kier alpha value is -2.09. The lowest BCUT2D eigenvalue weighted by molar-refractivity contribution is -0.142. The summed E-state index contributed by atoms with van der Waals surface area (Å²) in [7, 11) is 0. The maximum atomic E-state index is 12.2. The number of amides is 2. The van der Waals surface area contributed by atoms with E-state index in [9.17, 15) is 9.59 Å². The van der Waals surface area contributed by atoms with Crippen molar-refractivity contribution in [2.75, 3.05) is 19.8 Å². The molecule has 1 saturated heterocycles. The Morgan fingerprint density at radius 1 is 1.52 bits per heavy atom. The van der Waals surface area contributed by atoms with E-state index in [1.165, 1.54) is 4.90 Å². The maximum Gasteiger partial charge on any atom is 0.318 e. The fraction of sp³-hybridized carbons (Fsp3) is 0.615. The molecule has 1 fully saturated rings. The predicted molar refractivity (Wildman–Crippen MR) is 71.6 cm³/mol. The molecular formula is C13H19N3O5. The van der Waals surface area contributed by atoms with Gasteiger partial charge >= 0.3 is 12.0 Å². The topological polar surface area (TPSA) is 105 Å². The van der Waals surface area contributed by atoms with Gasteiger partial charge in [0.25, 0.3) is 0 Å². The van der Waals surface area contributed by atoms with Gasteiger partial charge in [0.1, 0.15) is 11.7 Å². The first-order valence-corrected chi connectivity index (χ1v) is 6.79. The van der Waals surface area contributed by atoms with Crippen LogP contribution in [0.5, 0.6) is 0 Å². The van der Waals surface area contributed by atoms with E-state index in [2.05, 4.69) is 10.3 Å². The third kappa shape index (κ3) is 3.52. The number of carbonyl (C=O) groups is 2. The fourth-order valence-electron chi connectivity index (χ4n) is 2.35. The van der Waals surface area contributed by atoms with Gasteiger partial charge in [-0.25, -0.2) is 9.78 Å². The monoisotopic (exact) mass is 297 g/mol. The minimum atomic E-state index is -0.952. The normalized spacial score (nSPS) is 21.2. The highest BCUT2D eigenvalue weighted by molar-refractivity contribution is 5.77. The summed E-state index contributed by atoms with van der Waals surface area (Å²) in [6.45, 7) is 4.48. The molecule has 2 atom stereocenters. The Kier molecular flexibility index (Phi) is 4.79. The molecule has 0 aromatic carbocycles. The molecule has 1 aliphatic heterocycles. The molecule has 0 aliphatic carbocycles. The van der Waals surface area contributed by atoms with Crippen LogP contribution in [-0.4, -0.2) is 52.8 Å². The van der Waals surface area contributed by atoms with Crippen molar-refractivity contribution in [3.63, 3.8) is 0 Å². The number of aryl methyl sites for hydroxylation is 1. The van der Waals surface area contributed by atoms with Crippen LogP contribution in [0.3, 0.4) is 0 Å². The first-order valence-electron chi connectivity index (χ1n) is 6.79. The third-order valence-corrected chi connectivity index (χ3v) is 3.43. The number of aliphatic carboxylic acids is 1. The number of ether oxygens (including phenoxy) is 1.